The van der Waals surface area contributed by atoms with Gasteiger partial charge in [0.15, 0.2) is 5.82 Å². The van der Waals surface area contributed by atoms with Crippen LogP contribution in [0.15, 0.2) is 212 Å². The van der Waals surface area contributed by atoms with E-state index in [-0.39, 0.29) is 0 Å². The van der Waals surface area contributed by atoms with E-state index in [1.165, 1.54) is 76.8 Å². The standard InChI is InChI=1S/C60H35N5/c1-2-17-38(18-3-1)63-49-26-12-9-22-42(49)46-34-37(31-33-53(46)63)57-60(61-48-32-30-36-16-4-5-19-39(36)58(48)62-57)65-52-29-15-11-25-45(52)55-54(65)35-47-43-23-10-14-28-51(43)64-50-27-13-8-21-41(50)40-20-6-7-24-44(40)56(55)59(47)64/h1-35H. The molecule has 0 bridgehead atoms. The fraction of sp³-hybridized carbons (Fsp3) is 0. The molecule has 10 aromatic carbocycles. The van der Waals surface area contributed by atoms with E-state index in [4.69, 9.17) is 9.97 Å². The Labute approximate surface area is 372 Å². The smallest absolute Gasteiger partial charge is 0.165 e. The first-order chi connectivity index (χ1) is 32.3. The number of para-hydroxylation sites is 5. The molecule has 5 nitrogen and oxygen atoms in total. The summed E-state index contributed by atoms with van der Waals surface area (Å²) in [7, 11) is 0. The lowest BCUT2D eigenvalue weighted by atomic mass is 9.91. The molecule has 0 radical (unpaired) electrons. The molecule has 0 spiro atoms. The summed E-state index contributed by atoms with van der Waals surface area (Å²) in [5.74, 6) is 0.797. The molecule has 5 heterocycles. The molecule has 0 aliphatic carbocycles. The van der Waals surface area contributed by atoms with Crippen molar-refractivity contribution >= 4 is 87.2 Å². The summed E-state index contributed by atoms with van der Waals surface area (Å²) >= 11 is 0. The Morgan fingerprint density at radius 1 is 0.354 bits per heavy atom. The molecule has 0 saturated heterocycles. The first-order valence-corrected chi connectivity index (χ1v) is 22.3. The van der Waals surface area contributed by atoms with E-state index < -0.39 is 0 Å². The van der Waals surface area contributed by atoms with Crippen molar-refractivity contribution < 1.29 is 0 Å². The third-order valence-corrected chi connectivity index (χ3v) is 13.9. The third kappa shape index (κ3) is 4.65. The van der Waals surface area contributed by atoms with Crippen molar-refractivity contribution in [1.82, 2.24) is 23.7 Å². The van der Waals surface area contributed by atoms with Crippen LogP contribution in [-0.4, -0.2) is 23.7 Å². The van der Waals surface area contributed by atoms with Gasteiger partial charge in [-0.2, -0.15) is 0 Å². The van der Waals surface area contributed by atoms with Crippen molar-refractivity contribution in [2.75, 3.05) is 0 Å². The summed E-state index contributed by atoms with van der Waals surface area (Å²) in [5, 5.41) is 9.37. The van der Waals surface area contributed by atoms with Gasteiger partial charge in [0.05, 0.1) is 49.8 Å². The van der Waals surface area contributed by atoms with Gasteiger partial charge in [-0.3, -0.25) is 4.57 Å². The number of fused-ring (bicyclic) bond motifs is 18. The second-order valence-corrected chi connectivity index (χ2v) is 17.3. The van der Waals surface area contributed by atoms with Crippen LogP contribution in [0.25, 0.3) is 138 Å². The maximum absolute atomic E-state index is 5.75. The molecule has 0 unspecified atom stereocenters. The Morgan fingerprint density at radius 2 is 0.969 bits per heavy atom. The van der Waals surface area contributed by atoms with Gasteiger partial charge in [-0.15, -0.1) is 0 Å². The van der Waals surface area contributed by atoms with E-state index in [1.807, 2.05) is 0 Å². The number of nitrogens with zero attached hydrogens (tertiary/aromatic N) is 5. The highest BCUT2D eigenvalue weighted by Gasteiger charge is 2.30. The number of rotatable bonds is 3. The molecule has 4 aromatic heterocycles. The van der Waals surface area contributed by atoms with Gasteiger partial charge < -0.3 is 9.13 Å². The van der Waals surface area contributed by atoms with Gasteiger partial charge in [-0.05, 0) is 77.2 Å². The van der Waals surface area contributed by atoms with Crippen LogP contribution in [0.1, 0.15) is 0 Å². The Bertz CT molecular complexity index is 4360. The normalized spacial score (nSPS) is 12.3. The monoisotopic (exact) mass is 825 g/mol. The molecule has 300 valence electrons. The maximum Gasteiger partial charge on any atom is 0.165 e. The first-order valence-electron chi connectivity index (χ1n) is 22.3. The van der Waals surface area contributed by atoms with Gasteiger partial charge in [0.1, 0.15) is 5.69 Å². The minimum atomic E-state index is 0.797. The Hall–Kier alpha value is -8.80. The minimum absolute atomic E-state index is 0.797. The zero-order valence-electron chi connectivity index (χ0n) is 34.9. The van der Waals surface area contributed by atoms with E-state index in [1.54, 1.807) is 0 Å². The van der Waals surface area contributed by atoms with Crippen LogP contribution in [0.2, 0.25) is 0 Å². The van der Waals surface area contributed by atoms with Gasteiger partial charge in [0.2, 0.25) is 0 Å². The average Bonchev–Trinajstić information content (AvgIpc) is 3.97. The molecule has 0 N–H and O–H groups in total. The van der Waals surface area contributed by atoms with Gasteiger partial charge in [0, 0.05) is 60.1 Å². The van der Waals surface area contributed by atoms with Crippen LogP contribution in [-0.2, 0) is 0 Å². The topological polar surface area (TPSA) is 40.6 Å². The molecule has 65 heavy (non-hydrogen) atoms. The van der Waals surface area contributed by atoms with E-state index in [9.17, 15) is 0 Å². The van der Waals surface area contributed by atoms with E-state index >= 15 is 0 Å². The summed E-state index contributed by atoms with van der Waals surface area (Å²) in [5.41, 5.74) is 17.7. The molecular weight excluding hydrogens is 791 g/mol. The van der Waals surface area contributed by atoms with Crippen molar-refractivity contribution in [2.24, 2.45) is 0 Å². The average molecular weight is 826 g/mol. The molecule has 0 atom stereocenters. The van der Waals surface area contributed by atoms with Crippen molar-refractivity contribution in [3.63, 3.8) is 0 Å². The van der Waals surface area contributed by atoms with Gasteiger partial charge >= 0.3 is 0 Å². The lowest BCUT2D eigenvalue weighted by Gasteiger charge is -2.16. The Kier molecular flexibility index (Phi) is 6.89. The maximum atomic E-state index is 5.75. The van der Waals surface area contributed by atoms with Crippen molar-refractivity contribution in [2.45, 2.75) is 0 Å². The first kappa shape index (κ1) is 34.7. The molecule has 0 saturated carbocycles. The molecular formula is C60H35N5. The molecule has 5 heteroatoms. The van der Waals surface area contributed by atoms with Crippen molar-refractivity contribution in [3.8, 4) is 50.7 Å². The molecule has 0 fully saturated rings. The molecule has 15 rings (SSSR count). The summed E-state index contributed by atoms with van der Waals surface area (Å²) in [6, 6.07) is 77.0. The summed E-state index contributed by atoms with van der Waals surface area (Å²) in [6.45, 7) is 0. The second kappa shape index (κ2) is 12.9. The highest BCUT2D eigenvalue weighted by molar-refractivity contribution is 6.29. The summed E-state index contributed by atoms with van der Waals surface area (Å²) in [6.07, 6.45) is 0. The molecule has 1 aliphatic rings. The molecule has 1 aliphatic heterocycles. The zero-order valence-corrected chi connectivity index (χ0v) is 34.9. The largest absolute Gasteiger partial charge is 0.309 e. The third-order valence-electron chi connectivity index (χ3n) is 13.9. The number of hydrogen-bond acceptors (Lipinski definition) is 2. The fourth-order valence-corrected chi connectivity index (χ4v) is 11.2. The lowest BCUT2D eigenvalue weighted by molar-refractivity contribution is 1.08. The van der Waals surface area contributed by atoms with E-state index in [0.717, 1.165) is 61.1 Å². The summed E-state index contributed by atoms with van der Waals surface area (Å²) < 4.78 is 7.28. The van der Waals surface area contributed by atoms with Crippen LogP contribution < -0.4 is 0 Å². The van der Waals surface area contributed by atoms with E-state index in [2.05, 4.69) is 226 Å². The van der Waals surface area contributed by atoms with Crippen molar-refractivity contribution in [3.05, 3.63) is 212 Å². The van der Waals surface area contributed by atoms with Crippen LogP contribution in [0, 0.1) is 0 Å². The van der Waals surface area contributed by atoms with Crippen molar-refractivity contribution in [1.29, 1.82) is 0 Å². The minimum Gasteiger partial charge on any atom is -0.309 e. The van der Waals surface area contributed by atoms with E-state index in [0.29, 0.717) is 0 Å². The quantitative estimate of drug-likeness (QED) is 0.167. The SMILES string of the molecule is c1ccc(-n2c3ccccc3c3cc(-c4nc5c(ccc6ccccc65)nc4-n4c5ccccc5c5c6c7c(cc54)c4ccccc4n7-c4ccccc4-c4ccccc4-6)ccc32)cc1. The van der Waals surface area contributed by atoms with Crippen LogP contribution in [0.5, 0.6) is 0 Å². The Morgan fingerprint density at radius 3 is 1.78 bits per heavy atom. The highest BCUT2D eigenvalue weighted by atomic mass is 15.1. The fourth-order valence-electron chi connectivity index (χ4n) is 11.2. The van der Waals surface area contributed by atoms with Crippen LogP contribution in [0.4, 0.5) is 0 Å². The predicted molar refractivity (Wildman–Crippen MR) is 270 cm³/mol. The number of aromatic nitrogens is 5. The lowest BCUT2D eigenvalue weighted by Crippen LogP contribution is -2.04. The number of hydrogen-bond donors (Lipinski definition) is 0. The van der Waals surface area contributed by atoms with Gasteiger partial charge in [-0.25, -0.2) is 9.97 Å². The van der Waals surface area contributed by atoms with Gasteiger partial charge in [-0.1, -0.05) is 152 Å². The summed E-state index contributed by atoms with van der Waals surface area (Å²) in [4.78, 5) is 11.5. The molecule has 14 aromatic rings. The molecule has 0 amide bonds. The zero-order chi connectivity index (χ0) is 42.3. The second-order valence-electron chi connectivity index (χ2n) is 17.3. The number of benzene rings is 10. The highest BCUT2D eigenvalue weighted by Crippen LogP contribution is 2.52. The van der Waals surface area contributed by atoms with Crippen LogP contribution >= 0.6 is 0 Å². The Balaban J connectivity index is 1.12. The predicted octanol–water partition coefficient (Wildman–Crippen LogP) is 15.4. The van der Waals surface area contributed by atoms with Crippen LogP contribution in [0.3, 0.4) is 0 Å². The van der Waals surface area contributed by atoms with Gasteiger partial charge in [0.25, 0.3) is 0 Å².